The number of carbonyl (C=O) groups excluding carboxylic acids is 1. The first kappa shape index (κ1) is 16.8. The van der Waals surface area contributed by atoms with E-state index >= 15 is 0 Å². The summed E-state index contributed by atoms with van der Waals surface area (Å²) in [5.41, 5.74) is 0. The van der Waals surface area contributed by atoms with Gasteiger partial charge in [-0.3, -0.25) is 4.79 Å². The minimum Gasteiger partial charge on any atom is -0.353 e. The van der Waals surface area contributed by atoms with Crippen LogP contribution in [-0.2, 0) is 11.3 Å². The zero-order chi connectivity index (χ0) is 16.1. The van der Waals surface area contributed by atoms with Gasteiger partial charge in [-0.2, -0.15) is 0 Å². The molecule has 0 radical (unpaired) electrons. The molecule has 1 aromatic heterocycles. The van der Waals surface area contributed by atoms with Gasteiger partial charge in [-0.15, -0.1) is 10.2 Å². The van der Waals surface area contributed by atoms with Crippen LogP contribution < -0.4 is 5.32 Å². The maximum atomic E-state index is 12.1. The molecule has 1 aromatic rings. The molecule has 3 rings (SSSR count). The highest BCUT2D eigenvalue weighted by Crippen LogP contribution is 2.33. The van der Waals surface area contributed by atoms with Gasteiger partial charge in [0.25, 0.3) is 0 Å². The van der Waals surface area contributed by atoms with Gasteiger partial charge in [-0.25, -0.2) is 0 Å². The molecule has 128 valence electrons. The topological polar surface area (TPSA) is 59.8 Å². The summed E-state index contributed by atoms with van der Waals surface area (Å²) >= 11 is 1.53. The largest absolute Gasteiger partial charge is 0.353 e. The van der Waals surface area contributed by atoms with Gasteiger partial charge in [0.2, 0.25) is 5.91 Å². The molecule has 2 aliphatic carbocycles. The van der Waals surface area contributed by atoms with Crippen LogP contribution in [0.25, 0.3) is 0 Å². The Kier molecular flexibility index (Phi) is 5.97. The van der Waals surface area contributed by atoms with Crippen molar-refractivity contribution in [2.45, 2.75) is 88.4 Å². The first-order valence-corrected chi connectivity index (χ1v) is 10.1. The molecule has 6 heteroatoms. The molecule has 0 aromatic carbocycles. The predicted octanol–water partition coefficient (Wildman–Crippen LogP) is 3.50. The minimum atomic E-state index is 0.131. The van der Waals surface area contributed by atoms with Gasteiger partial charge in [-0.05, 0) is 32.6 Å². The first-order chi connectivity index (χ1) is 11.3. The summed E-state index contributed by atoms with van der Waals surface area (Å²) in [5.74, 6) is 2.26. The van der Waals surface area contributed by atoms with Crippen molar-refractivity contribution >= 4 is 17.7 Å². The summed E-state index contributed by atoms with van der Waals surface area (Å²) in [6, 6.07) is 0.393. The molecule has 5 nitrogen and oxygen atoms in total. The summed E-state index contributed by atoms with van der Waals surface area (Å²) in [5, 5.41) is 12.9. The van der Waals surface area contributed by atoms with E-state index < -0.39 is 0 Å². The number of amides is 1. The number of nitrogens with one attached hydrogen (secondary N) is 1. The normalized spacial score (nSPS) is 20.0. The van der Waals surface area contributed by atoms with Crippen LogP contribution in [0.2, 0.25) is 0 Å². The van der Waals surface area contributed by atoms with E-state index in [0.29, 0.717) is 17.7 Å². The van der Waals surface area contributed by atoms with Crippen molar-refractivity contribution in [1.29, 1.82) is 0 Å². The third kappa shape index (κ3) is 4.28. The fraction of sp³-hybridized carbons (Fsp3) is 0.824. The minimum absolute atomic E-state index is 0.131. The van der Waals surface area contributed by atoms with Crippen molar-refractivity contribution in [2.24, 2.45) is 0 Å². The number of aromatic nitrogens is 3. The maximum Gasteiger partial charge on any atom is 0.230 e. The predicted molar refractivity (Wildman–Crippen MR) is 92.6 cm³/mol. The Labute approximate surface area is 143 Å². The van der Waals surface area contributed by atoms with Crippen molar-refractivity contribution < 1.29 is 4.79 Å². The van der Waals surface area contributed by atoms with E-state index in [-0.39, 0.29) is 5.91 Å². The van der Waals surface area contributed by atoms with Crippen LogP contribution >= 0.6 is 11.8 Å². The number of thioether (sulfide) groups is 1. The first-order valence-electron chi connectivity index (χ1n) is 9.13. The maximum absolute atomic E-state index is 12.1. The second kappa shape index (κ2) is 8.18. The molecule has 2 saturated carbocycles. The molecule has 0 unspecified atom stereocenters. The van der Waals surface area contributed by atoms with Crippen LogP contribution in [0.15, 0.2) is 5.16 Å². The van der Waals surface area contributed by atoms with Crippen LogP contribution in [0, 0.1) is 0 Å². The van der Waals surface area contributed by atoms with Crippen molar-refractivity contribution in [3.8, 4) is 0 Å². The zero-order valence-corrected chi connectivity index (χ0v) is 14.9. The van der Waals surface area contributed by atoms with Gasteiger partial charge in [0.05, 0.1) is 5.75 Å². The highest BCUT2D eigenvalue weighted by Gasteiger charge is 2.23. The molecule has 1 amide bonds. The SMILES string of the molecule is CCn1c(SCC(=O)NC2CCCC2)nnc1C1CCCCC1. The van der Waals surface area contributed by atoms with Crippen LogP contribution in [-0.4, -0.2) is 32.5 Å². The highest BCUT2D eigenvalue weighted by molar-refractivity contribution is 7.99. The molecule has 0 spiro atoms. The molecule has 1 heterocycles. The van der Waals surface area contributed by atoms with E-state index in [9.17, 15) is 4.79 Å². The molecule has 23 heavy (non-hydrogen) atoms. The van der Waals surface area contributed by atoms with E-state index in [1.54, 1.807) is 0 Å². The molecule has 0 aliphatic heterocycles. The van der Waals surface area contributed by atoms with Crippen LogP contribution in [0.1, 0.15) is 76.5 Å². The summed E-state index contributed by atoms with van der Waals surface area (Å²) in [6.07, 6.45) is 11.2. The molecular formula is C17H28N4OS. The Morgan fingerprint density at radius 2 is 1.83 bits per heavy atom. The average Bonchev–Trinajstić information content (AvgIpc) is 3.22. The standard InChI is InChI=1S/C17H28N4OS/c1-2-21-16(13-8-4-3-5-9-13)19-20-17(21)23-12-15(22)18-14-10-6-7-11-14/h13-14H,2-12H2,1H3,(H,18,22). The fourth-order valence-corrected chi connectivity index (χ4v) is 4.66. The quantitative estimate of drug-likeness (QED) is 0.808. The molecule has 2 fully saturated rings. The molecule has 0 bridgehead atoms. The van der Waals surface area contributed by atoms with E-state index in [0.717, 1.165) is 30.4 Å². The second-order valence-electron chi connectivity index (χ2n) is 6.76. The van der Waals surface area contributed by atoms with E-state index in [4.69, 9.17) is 0 Å². The van der Waals surface area contributed by atoms with E-state index in [1.807, 2.05) is 0 Å². The Morgan fingerprint density at radius 3 is 2.52 bits per heavy atom. The lowest BCUT2D eigenvalue weighted by Crippen LogP contribution is -2.33. The van der Waals surface area contributed by atoms with Crippen LogP contribution in [0.5, 0.6) is 0 Å². The fourth-order valence-electron chi connectivity index (χ4n) is 3.84. The summed E-state index contributed by atoms with van der Waals surface area (Å²) in [6.45, 7) is 3.02. The van der Waals surface area contributed by atoms with Gasteiger partial charge < -0.3 is 9.88 Å². The molecule has 0 atom stereocenters. The van der Waals surface area contributed by atoms with Crippen molar-refractivity contribution in [3.63, 3.8) is 0 Å². The lowest BCUT2D eigenvalue weighted by molar-refractivity contribution is -0.119. The number of hydrogen-bond acceptors (Lipinski definition) is 4. The lowest BCUT2D eigenvalue weighted by Gasteiger charge is -2.21. The van der Waals surface area contributed by atoms with Gasteiger partial charge in [0.1, 0.15) is 5.82 Å². The number of carbonyl (C=O) groups is 1. The molecule has 1 N–H and O–H groups in total. The van der Waals surface area contributed by atoms with Crippen molar-refractivity contribution in [1.82, 2.24) is 20.1 Å². The van der Waals surface area contributed by atoms with Crippen molar-refractivity contribution in [2.75, 3.05) is 5.75 Å². The third-order valence-corrected chi connectivity index (χ3v) is 6.05. The van der Waals surface area contributed by atoms with E-state index in [2.05, 4.69) is 27.0 Å². The number of hydrogen-bond donors (Lipinski definition) is 1. The van der Waals surface area contributed by atoms with Gasteiger partial charge in [0.15, 0.2) is 5.16 Å². The lowest BCUT2D eigenvalue weighted by atomic mass is 9.89. The van der Waals surface area contributed by atoms with Gasteiger partial charge in [-0.1, -0.05) is 43.9 Å². The third-order valence-electron chi connectivity index (χ3n) is 5.08. The Hall–Kier alpha value is -1.04. The smallest absolute Gasteiger partial charge is 0.230 e. The van der Waals surface area contributed by atoms with Gasteiger partial charge in [0, 0.05) is 18.5 Å². The Morgan fingerprint density at radius 1 is 1.13 bits per heavy atom. The van der Waals surface area contributed by atoms with Gasteiger partial charge >= 0.3 is 0 Å². The molecule has 0 saturated heterocycles. The number of nitrogens with zero attached hydrogens (tertiary/aromatic N) is 3. The summed E-state index contributed by atoms with van der Waals surface area (Å²) < 4.78 is 2.21. The van der Waals surface area contributed by atoms with Crippen LogP contribution in [0.3, 0.4) is 0 Å². The Balaban J connectivity index is 1.56. The molecule has 2 aliphatic rings. The average molecular weight is 337 g/mol. The number of rotatable bonds is 6. The zero-order valence-electron chi connectivity index (χ0n) is 14.1. The summed E-state index contributed by atoms with van der Waals surface area (Å²) in [4.78, 5) is 12.1. The van der Waals surface area contributed by atoms with E-state index in [1.165, 1.54) is 56.7 Å². The second-order valence-corrected chi connectivity index (χ2v) is 7.70. The van der Waals surface area contributed by atoms with Crippen LogP contribution in [0.4, 0.5) is 0 Å². The summed E-state index contributed by atoms with van der Waals surface area (Å²) in [7, 11) is 0. The monoisotopic (exact) mass is 336 g/mol. The Bertz CT molecular complexity index is 519. The van der Waals surface area contributed by atoms with Crippen molar-refractivity contribution in [3.05, 3.63) is 5.82 Å². The highest BCUT2D eigenvalue weighted by atomic mass is 32.2. The molecular weight excluding hydrogens is 308 g/mol.